The van der Waals surface area contributed by atoms with Gasteiger partial charge in [-0.05, 0) is 25.1 Å². The maximum absolute atomic E-state index is 11.7. The summed E-state index contributed by atoms with van der Waals surface area (Å²) in [6.45, 7) is 1.96. The smallest absolute Gasteiger partial charge is 0.335 e. The van der Waals surface area contributed by atoms with E-state index in [1.54, 1.807) is 6.92 Å². The number of aliphatic hydroxyl groups excluding tert-OH is 3. The first kappa shape index (κ1) is 19.9. The van der Waals surface area contributed by atoms with E-state index in [0.29, 0.717) is 5.56 Å². The van der Waals surface area contributed by atoms with Crippen molar-refractivity contribution < 1.29 is 44.2 Å². The summed E-state index contributed by atoms with van der Waals surface area (Å²) in [5, 5.41) is 41.0. The van der Waals surface area contributed by atoms with Gasteiger partial charge in [-0.2, -0.15) is 0 Å². The lowest BCUT2D eigenvalue weighted by molar-refractivity contribution is -0.271. The molecule has 0 saturated carbocycles. The summed E-state index contributed by atoms with van der Waals surface area (Å²) in [5.41, 5.74) is 0.298. The lowest BCUT2D eigenvalue weighted by Gasteiger charge is -2.38. The minimum absolute atomic E-state index is 0.0660. The number of benzene rings is 1. The first-order chi connectivity index (χ1) is 12.3. The van der Waals surface area contributed by atoms with Crippen molar-refractivity contribution >= 4 is 11.9 Å². The molecule has 1 fully saturated rings. The van der Waals surface area contributed by atoms with Gasteiger partial charge in [0.1, 0.15) is 18.3 Å². The standard InChI is InChI=1S/C16H21NO9/c1-3-24-9-6-7(14(21)17-2)4-5-8(9)25-16-12(20)10(18)11(19)13(26-16)15(22)23/h4-6,10-13,16,18-20H,3H2,1-2H3,(H,17,21)(H,22,23)/t10-,11-,12+,13-,16+/m0/s1. The van der Waals surface area contributed by atoms with Gasteiger partial charge in [-0.25, -0.2) is 4.79 Å². The Morgan fingerprint density at radius 2 is 1.85 bits per heavy atom. The second kappa shape index (κ2) is 8.32. The fraction of sp³-hybridized carbons (Fsp3) is 0.500. The fourth-order valence-electron chi connectivity index (χ4n) is 2.43. The lowest BCUT2D eigenvalue weighted by Crippen LogP contribution is -2.61. The summed E-state index contributed by atoms with van der Waals surface area (Å²) in [4.78, 5) is 22.9. The number of rotatable bonds is 6. The van der Waals surface area contributed by atoms with Crippen LogP contribution in [0.2, 0.25) is 0 Å². The number of hydrogen-bond donors (Lipinski definition) is 5. The number of aliphatic carboxylic acids is 1. The topological polar surface area (TPSA) is 155 Å². The van der Waals surface area contributed by atoms with Gasteiger partial charge in [0.05, 0.1) is 6.61 Å². The Kier molecular flexibility index (Phi) is 6.37. The fourth-order valence-corrected chi connectivity index (χ4v) is 2.43. The van der Waals surface area contributed by atoms with Crippen molar-refractivity contribution in [1.82, 2.24) is 5.32 Å². The zero-order valence-electron chi connectivity index (χ0n) is 14.2. The van der Waals surface area contributed by atoms with Gasteiger partial charge in [-0.3, -0.25) is 4.79 Å². The Morgan fingerprint density at radius 1 is 1.15 bits per heavy atom. The molecule has 0 bridgehead atoms. The number of hydrogen-bond acceptors (Lipinski definition) is 8. The van der Waals surface area contributed by atoms with Crippen molar-refractivity contribution in [2.24, 2.45) is 0 Å². The van der Waals surface area contributed by atoms with Crippen LogP contribution in [-0.2, 0) is 9.53 Å². The van der Waals surface area contributed by atoms with E-state index >= 15 is 0 Å². The first-order valence-corrected chi connectivity index (χ1v) is 7.88. The number of carboxylic acids is 1. The predicted octanol–water partition coefficient (Wildman–Crippen LogP) is -1.28. The van der Waals surface area contributed by atoms with E-state index in [1.807, 2.05) is 0 Å². The molecule has 1 heterocycles. The zero-order chi connectivity index (χ0) is 19.4. The van der Waals surface area contributed by atoms with E-state index in [0.717, 1.165) is 0 Å². The highest BCUT2D eigenvalue weighted by Gasteiger charge is 2.48. The summed E-state index contributed by atoms with van der Waals surface area (Å²) in [6, 6.07) is 4.23. The highest BCUT2D eigenvalue weighted by atomic mass is 16.7. The van der Waals surface area contributed by atoms with Crippen LogP contribution in [0.5, 0.6) is 11.5 Å². The highest BCUT2D eigenvalue weighted by Crippen LogP contribution is 2.32. The summed E-state index contributed by atoms with van der Waals surface area (Å²) in [6.07, 6.45) is -8.65. The Hall–Kier alpha value is -2.40. The van der Waals surface area contributed by atoms with Gasteiger partial charge in [-0.15, -0.1) is 0 Å². The Bertz CT molecular complexity index is 665. The molecule has 0 radical (unpaired) electrons. The van der Waals surface area contributed by atoms with E-state index in [-0.39, 0.29) is 24.0 Å². The quantitative estimate of drug-likeness (QED) is 0.411. The number of aliphatic hydroxyl groups is 3. The molecular weight excluding hydrogens is 350 g/mol. The molecule has 2 rings (SSSR count). The van der Waals surface area contributed by atoms with Gasteiger partial charge in [0.25, 0.3) is 5.91 Å². The Morgan fingerprint density at radius 3 is 2.42 bits per heavy atom. The van der Waals surface area contributed by atoms with Gasteiger partial charge in [0.15, 0.2) is 17.6 Å². The SMILES string of the molecule is CCOc1cc(C(=O)NC)ccc1O[C@@H]1O[C@H](C(=O)O)[C@@H](O)[C@H](O)[C@H]1O. The predicted molar refractivity (Wildman–Crippen MR) is 85.9 cm³/mol. The molecule has 1 aliphatic heterocycles. The van der Waals surface area contributed by atoms with E-state index in [1.165, 1.54) is 25.2 Å². The number of carbonyl (C=O) groups is 2. The van der Waals surface area contributed by atoms with Crippen molar-refractivity contribution in [2.75, 3.05) is 13.7 Å². The molecule has 0 aliphatic carbocycles. The molecule has 5 N–H and O–H groups in total. The number of nitrogens with one attached hydrogen (secondary N) is 1. The van der Waals surface area contributed by atoms with E-state index in [4.69, 9.17) is 19.3 Å². The van der Waals surface area contributed by atoms with Gasteiger partial charge in [0.2, 0.25) is 6.29 Å². The molecule has 144 valence electrons. The van der Waals surface area contributed by atoms with Crippen molar-refractivity contribution in [3.63, 3.8) is 0 Å². The third kappa shape index (κ3) is 4.05. The number of carbonyl (C=O) groups excluding carboxylic acids is 1. The average Bonchev–Trinajstić information content (AvgIpc) is 2.62. The maximum atomic E-state index is 11.7. The Labute approximate surface area is 148 Å². The van der Waals surface area contributed by atoms with Crippen LogP contribution in [0.3, 0.4) is 0 Å². The van der Waals surface area contributed by atoms with Crippen LogP contribution in [0.4, 0.5) is 0 Å². The molecule has 0 spiro atoms. The minimum atomic E-state index is -1.82. The number of amides is 1. The average molecular weight is 371 g/mol. The second-order valence-electron chi connectivity index (χ2n) is 5.53. The third-order valence-electron chi connectivity index (χ3n) is 3.79. The molecule has 10 nitrogen and oxygen atoms in total. The van der Waals surface area contributed by atoms with Crippen molar-refractivity contribution in [3.05, 3.63) is 23.8 Å². The zero-order valence-corrected chi connectivity index (χ0v) is 14.2. The monoisotopic (exact) mass is 371 g/mol. The molecule has 10 heteroatoms. The first-order valence-electron chi connectivity index (χ1n) is 7.88. The van der Waals surface area contributed by atoms with Crippen LogP contribution in [0.1, 0.15) is 17.3 Å². The number of ether oxygens (including phenoxy) is 3. The molecule has 0 unspecified atom stereocenters. The second-order valence-corrected chi connectivity index (χ2v) is 5.53. The van der Waals surface area contributed by atoms with Crippen molar-refractivity contribution in [3.8, 4) is 11.5 Å². The van der Waals surface area contributed by atoms with Crippen molar-refractivity contribution in [1.29, 1.82) is 0 Å². The summed E-state index contributed by atoms with van der Waals surface area (Å²) < 4.78 is 15.9. The molecule has 1 aromatic rings. The molecule has 1 aromatic carbocycles. The maximum Gasteiger partial charge on any atom is 0.335 e. The van der Waals surface area contributed by atoms with E-state index in [9.17, 15) is 24.9 Å². The number of carboxylic acid groups (broad SMARTS) is 1. The summed E-state index contributed by atoms with van der Waals surface area (Å²) >= 11 is 0. The molecule has 1 saturated heterocycles. The molecule has 0 aromatic heterocycles. The van der Waals surface area contributed by atoms with Crippen LogP contribution >= 0.6 is 0 Å². The molecule has 5 atom stereocenters. The van der Waals surface area contributed by atoms with Crippen molar-refractivity contribution in [2.45, 2.75) is 37.6 Å². The molecule has 1 aliphatic rings. The normalized spacial score (nSPS) is 28.3. The van der Waals surface area contributed by atoms with E-state index in [2.05, 4.69) is 5.32 Å². The summed E-state index contributed by atoms with van der Waals surface area (Å²) in [5.74, 6) is -1.64. The van der Waals surface area contributed by atoms with Gasteiger partial charge < -0.3 is 40.0 Å². The summed E-state index contributed by atoms with van der Waals surface area (Å²) in [7, 11) is 1.47. The highest BCUT2D eigenvalue weighted by molar-refractivity contribution is 5.94. The molecule has 26 heavy (non-hydrogen) atoms. The largest absolute Gasteiger partial charge is 0.490 e. The van der Waals surface area contributed by atoms with Crippen LogP contribution in [0.15, 0.2) is 18.2 Å². The molecule has 1 amide bonds. The van der Waals surface area contributed by atoms with Crippen LogP contribution in [0, 0.1) is 0 Å². The minimum Gasteiger partial charge on any atom is -0.490 e. The van der Waals surface area contributed by atoms with Crippen LogP contribution < -0.4 is 14.8 Å². The molecular formula is C16H21NO9. The Balaban J connectivity index is 2.28. The van der Waals surface area contributed by atoms with E-state index < -0.39 is 36.7 Å². The van der Waals surface area contributed by atoms with Gasteiger partial charge in [0, 0.05) is 12.6 Å². The van der Waals surface area contributed by atoms with Crippen LogP contribution in [0.25, 0.3) is 0 Å². The lowest BCUT2D eigenvalue weighted by atomic mass is 9.99. The third-order valence-corrected chi connectivity index (χ3v) is 3.79. The van der Waals surface area contributed by atoms with Gasteiger partial charge in [-0.1, -0.05) is 0 Å². The van der Waals surface area contributed by atoms with Gasteiger partial charge >= 0.3 is 5.97 Å². The van der Waals surface area contributed by atoms with Crippen LogP contribution in [-0.4, -0.2) is 76.7 Å².